The molecule has 0 aromatic rings. The quantitative estimate of drug-likeness (QED) is 0.384. The lowest BCUT2D eigenvalue weighted by Gasteiger charge is -2.29. The molecule has 0 saturated carbocycles. The number of rotatable bonds is 8. The Morgan fingerprint density at radius 2 is 1.23 bits per heavy atom. The molecule has 0 aromatic carbocycles. The number of Topliss-reactive ketones (excluding diaryl/α,β-unsaturated/α-hetero) is 1. The number of ketones is 1. The molecule has 0 bridgehead atoms. The summed E-state index contributed by atoms with van der Waals surface area (Å²) in [5.41, 5.74) is 1.91. The van der Waals surface area contributed by atoms with E-state index < -0.39 is 16.5 Å². The predicted octanol–water partition coefficient (Wildman–Crippen LogP) is 3.62. The summed E-state index contributed by atoms with van der Waals surface area (Å²) in [6.07, 6.45) is 1.06. The van der Waals surface area contributed by atoms with Gasteiger partial charge in [0, 0.05) is 32.6 Å². The van der Waals surface area contributed by atoms with Crippen LogP contribution in [0.2, 0.25) is 39.3 Å². The van der Waals surface area contributed by atoms with Crippen molar-refractivity contribution in [2.75, 3.05) is 14.1 Å². The van der Waals surface area contributed by atoms with Gasteiger partial charge < -0.3 is 9.35 Å². The van der Waals surface area contributed by atoms with E-state index in [1.54, 1.807) is 6.92 Å². The number of carbonyl (C=O) groups is 1. The smallest absolute Gasteiger partial charge is 0.168 e. The molecule has 0 spiro atoms. The maximum atomic E-state index is 11.5. The van der Waals surface area contributed by atoms with Crippen LogP contribution in [0.3, 0.4) is 0 Å². The molecule has 0 radical (unpaired) electrons. The molecule has 0 amide bonds. The van der Waals surface area contributed by atoms with Crippen LogP contribution >= 0.6 is 0 Å². The molecule has 0 atom stereocenters. The highest BCUT2D eigenvalue weighted by atomic mass is 28.3. The van der Waals surface area contributed by atoms with E-state index in [9.17, 15) is 4.79 Å². The molecule has 0 heterocycles. The van der Waals surface area contributed by atoms with Crippen molar-refractivity contribution in [2.24, 2.45) is 10.2 Å². The van der Waals surface area contributed by atoms with Gasteiger partial charge in [0.05, 0.1) is 5.71 Å². The molecule has 0 rings (SSSR count). The van der Waals surface area contributed by atoms with Crippen LogP contribution in [0.4, 0.5) is 0 Å². The summed E-state index contributed by atoms with van der Waals surface area (Å²) in [5, 5.41) is 9.38. The molecule has 0 fully saturated rings. The molecule has 0 N–H and O–H groups in total. The average Bonchev–Trinajstić information content (AvgIpc) is 2.24. The minimum atomic E-state index is -1.50. The lowest BCUT2D eigenvalue weighted by molar-refractivity contribution is -0.115. The largest absolute Gasteiger partial charge is 0.328 e. The monoisotopic (exact) mass is 342 g/mol. The van der Waals surface area contributed by atoms with Gasteiger partial charge in [0.25, 0.3) is 0 Å². The van der Waals surface area contributed by atoms with Gasteiger partial charge in [0.1, 0.15) is 5.78 Å². The van der Waals surface area contributed by atoms with Crippen molar-refractivity contribution < 1.29 is 4.79 Å². The highest BCUT2D eigenvalue weighted by Gasteiger charge is 2.21. The molecule has 0 unspecified atom stereocenters. The average molecular weight is 343 g/mol. The summed E-state index contributed by atoms with van der Waals surface area (Å²) in [6, 6.07) is 0. The molecular formula is C15H34N4OSi2. The van der Waals surface area contributed by atoms with Crippen molar-refractivity contribution in [3.63, 3.8) is 0 Å². The van der Waals surface area contributed by atoms with E-state index in [4.69, 9.17) is 5.10 Å². The van der Waals surface area contributed by atoms with Crippen molar-refractivity contribution in [3.05, 3.63) is 0 Å². The van der Waals surface area contributed by atoms with Gasteiger partial charge in [-0.2, -0.15) is 10.2 Å². The van der Waals surface area contributed by atoms with E-state index >= 15 is 0 Å². The molecule has 0 saturated heterocycles. The maximum Gasteiger partial charge on any atom is 0.168 e. The summed E-state index contributed by atoms with van der Waals surface area (Å²) in [4.78, 5) is 11.5. The Hall–Kier alpha value is -0.956. The lowest BCUT2D eigenvalue weighted by Crippen LogP contribution is -2.40. The molecular weight excluding hydrogens is 308 g/mol. The van der Waals surface area contributed by atoms with E-state index in [0.29, 0.717) is 12.8 Å². The fraction of sp³-hybridized carbons (Fsp3) is 0.800. The molecule has 22 heavy (non-hydrogen) atoms. The number of hydrogen-bond donors (Lipinski definition) is 0. The van der Waals surface area contributed by atoms with Gasteiger partial charge in [-0.05, 0) is 13.8 Å². The van der Waals surface area contributed by atoms with Gasteiger partial charge in [0.2, 0.25) is 0 Å². The Bertz CT molecular complexity index is 447. The van der Waals surface area contributed by atoms with Crippen LogP contribution in [0.5, 0.6) is 0 Å². The summed E-state index contributed by atoms with van der Waals surface area (Å²) in [6.45, 7) is 17.1. The number of carbonyl (C=O) groups excluding carboxylic acids is 1. The van der Waals surface area contributed by atoms with E-state index in [1.165, 1.54) is 0 Å². The molecule has 7 heteroatoms. The van der Waals surface area contributed by atoms with Gasteiger partial charge in [0.15, 0.2) is 16.5 Å². The van der Waals surface area contributed by atoms with E-state index in [0.717, 1.165) is 11.4 Å². The Kier molecular flexibility index (Phi) is 7.70. The summed E-state index contributed by atoms with van der Waals surface area (Å²) < 4.78 is 4.15. The Morgan fingerprint density at radius 1 is 0.818 bits per heavy atom. The summed E-state index contributed by atoms with van der Waals surface area (Å²) >= 11 is 0. The van der Waals surface area contributed by atoms with Gasteiger partial charge in [-0.3, -0.25) is 4.79 Å². The molecule has 5 nitrogen and oxygen atoms in total. The summed E-state index contributed by atoms with van der Waals surface area (Å²) in [5.74, 6) is 0.147. The first-order valence-corrected chi connectivity index (χ1v) is 14.7. The van der Waals surface area contributed by atoms with Crippen molar-refractivity contribution in [3.8, 4) is 0 Å². The molecule has 128 valence electrons. The second-order valence-corrected chi connectivity index (χ2v) is 17.9. The maximum absolute atomic E-state index is 11.5. The van der Waals surface area contributed by atoms with Crippen LogP contribution in [0.25, 0.3) is 0 Å². The second kappa shape index (κ2) is 8.05. The zero-order valence-electron chi connectivity index (χ0n) is 16.1. The van der Waals surface area contributed by atoms with Gasteiger partial charge in [-0.1, -0.05) is 39.3 Å². The van der Waals surface area contributed by atoms with Gasteiger partial charge in [-0.25, -0.2) is 0 Å². The van der Waals surface area contributed by atoms with E-state index in [2.05, 4.69) is 53.7 Å². The first-order valence-electron chi connectivity index (χ1n) is 7.81. The van der Waals surface area contributed by atoms with Crippen LogP contribution in [0, 0.1) is 0 Å². The number of hydrogen-bond acceptors (Lipinski definition) is 5. The third-order valence-electron chi connectivity index (χ3n) is 3.47. The SMILES string of the molecule is CC(=O)CC(CC(C)=NN(C)[Si](C)(C)C)=NN(C)[Si](C)(C)C. The minimum Gasteiger partial charge on any atom is -0.328 e. The van der Waals surface area contributed by atoms with Crippen molar-refractivity contribution in [1.29, 1.82) is 0 Å². The fourth-order valence-electron chi connectivity index (χ4n) is 1.52. The highest BCUT2D eigenvalue weighted by molar-refractivity contribution is 6.73. The Morgan fingerprint density at radius 3 is 1.59 bits per heavy atom. The van der Waals surface area contributed by atoms with Crippen molar-refractivity contribution >= 4 is 33.7 Å². The predicted molar refractivity (Wildman–Crippen MR) is 103 cm³/mol. The van der Waals surface area contributed by atoms with Crippen molar-refractivity contribution in [2.45, 2.75) is 66.0 Å². The van der Waals surface area contributed by atoms with E-state index in [-0.39, 0.29) is 5.78 Å². The van der Waals surface area contributed by atoms with Crippen molar-refractivity contribution in [1.82, 2.24) is 9.35 Å². The highest BCUT2D eigenvalue weighted by Crippen LogP contribution is 2.11. The van der Waals surface area contributed by atoms with Gasteiger partial charge in [-0.15, -0.1) is 0 Å². The zero-order valence-corrected chi connectivity index (χ0v) is 18.1. The zero-order chi connectivity index (χ0) is 17.7. The second-order valence-electron chi connectivity index (χ2n) is 7.95. The molecule has 0 aliphatic carbocycles. The standard InChI is InChI=1S/C15H34N4OSi2/c1-13(16-18(3)21(5,6)7)11-15(12-14(2)20)17-19(4)22(8,9)10/h11-12H2,1-10H3. The lowest BCUT2D eigenvalue weighted by atomic mass is 10.1. The van der Waals surface area contributed by atoms with Crippen LogP contribution in [-0.4, -0.2) is 57.1 Å². The Labute approximate surface area is 138 Å². The van der Waals surface area contributed by atoms with Crippen LogP contribution in [-0.2, 0) is 4.79 Å². The molecule has 0 aliphatic heterocycles. The molecule has 0 aliphatic rings. The third-order valence-corrected chi connectivity index (χ3v) is 7.55. The van der Waals surface area contributed by atoms with Crippen LogP contribution in [0.1, 0.15) is 26.7 Å². The molecule has 0 aromatic heterocycles. The van der Waals surface area contributed by atoms with E-state index in [1.807, 2.05) is 21.0 Å². The topological polar surface area (TPSA) is 48.3 Å². The van der Waals surface area contributed by atoms with Gasteiger partial charge >= 0.3 is 0 Å². The summed E-state index contributed by atoms with van der Waals surface area (Å²) in [7, 11) is 1.11. The van der Waals surface area contributed by atoms with Crippen LogP contribution in [0.15, 0.2) is 10.2 Å². The Balaban J connectivity index is 5.20. The normalized spacial score (nSPS) is 14.1. The van der Waals surface area contributed by atoms with Crippen LogP contribution < -0.4 is 0 Å². The first-order chi connectivity index (χ1) is 9.73. The first kappa shape index (κ1) is 21.0. The third kappa shape index (κ3) is 8.48. The number of nitrogens with zero attached hydrogens (tertiary/aromatic N) is 4. The minimum absolute atomic E-state index is 0.147. The fourth-order valence-corrected chi connectivity index (χ4v) is 2.43. The number of hydrazone groups is 2.